The molecule has 0 heterocycles. The molecule has 2 rings (SSSR count). The predicted molar refractivity (Wildman–Crippen MR) is 47.6 cm³/mol. The van der Waals surface area contributed by atoms with E-state index >= 15 is 0 Å². The predicted octanol–water partition coefficient (Wildman–Crippen LogP) is 2.40. The van der Waals surface area contributed by atoms with Crippen LogP contribution in [0.1, 0.15) is 44.9 Å². The lowest BCUT2D eigenvalue weighted by atomic mass is 9.67. The quantitative estimate of drug-likeness (QED) is 0.644. The van der Waals surface area contributed by atoms with Crippen LogP contribution in [0.25, 0.3) is 0 Å². The molecule has 0 saturated heterocycles. The molecule has 2 fully saturated rings. The fourth-order valence-electron chi connectivity index (χ4n) is 2.45. The van der Waals surface area contributed by atoms with Gasteiger partial charge in [0.1, 0.15) is 5.67 Å². The first-order valence-electron chi connectivity index (χ1n) is 5.15. The van der Waals surface area contributed by atoms with E-state index in [2.05, 4.69) is 0 Å². The van der Waals surface area contributed by atoms with Crippen LogP contribution in [0.5, 0.6) is 0 Å². The Morgan fingerprint density at radius 3 is 2.08 bits per heavy atom. The van der Waals surface area contributed by atoms with Gasteiger partial charge in [0.05, 0.1) is 0 Å². The summed E-state index contributed by atoms with van der Waals surface area (Å²) < 4.78 is 14.1. The Morgan fingerprint density at radius 2 is 1.67 bits per heavy atom. The molecule has 0 atom stereocenters. The molecule has 0 aromatic carbocycles. The van der Waals surface area contributed by atoms with Gasteiger partial charge in [-0.25, -0.2) is 4.39 Å². The van der Waals surface area contributed by atoms with Gasteiger partial charge in [-0.3, -0.25) is 0 Å². The minimum atomic E-state index is -0.825. The summed E-state index contributed by atoms with van der Waals surface area (Å²) in [5.74, 6) is 0.380. The van der Waals surface area contributed by atoms with Crippen LogP contribution in [0.15, 0.2) is 0 Å². The molecular weight excluding hydrogens is 153 g/mol. The Balaban J connectivity index is 1.92. The van der Waals surface area contributed by atoms with Crippen molar-refractivity contribution < 1.29 is 4.39 Å². The molecule has 2 aliphatic rings. The van der Waals surface area contributed by atoms with Gasteiger partial charge in [-0.05, 0) is 44.4 Å². The van der Waals surface area contributed by atoms with Crippen LogP contribution in [0.4, 0.5) is 4.39 Å². The highest BCUT2D eigenvalue weighted by Crippen LogP contribution is 2.46. The molecule has 2 saturated carbocycles. The van der Waals surface area contributed by atoms with Crippen molar-refractivity contribution in [1.82, 2.24) is 0 Å². The van der Waals surface area contributed by atoms with Crippen molar-refractivity contribution in [1.29, 1.82) is 0 Å². The largest absolute Gasteiger partial charge is 0.328 e. The molecule has 2 aliphatic carbocycles. The molecule has 0 amide bonds. The molecule has 0 bridgehead atoms. The fraction of sp³-hybridized carbons (Fsp3) is 1.00. The average Bonchev–Trinajstić information content (AvgIpc) is 1.92. The SMILES string of the molecule is NC1CCC(F)(C2CCC2)CC1. The van der Waals surface area contributed by atoms with Gasteiger partial charge in [0.2, 0.25) is 0 Å². The zero-order valence-electron chi connectivity index (χ0n) is 7.56. The molecule has 12 heavy (non-hydrogen) atoms. The Kier molecular flexibility index (Phi) is 2.11. The van der Waals surface area contributed by atoms with Crippen molar-refractivity contribution in [3.05, 3.63) is 0 Å². The standard InChI is InChI=1S/C10H18FN/c11-10(8-2-1-3-8)6-4-9(12)5-7-10/h8-9H,1-7,12H2. The number of rotatable bonds is 1. The van der Waals surface area contributed by atoms with E-state index in [0.717, 1.165) is 38.5 Å². The fourth-order valence-corrected chi connectivity index (χ4v) is 2.45. The topological polar surface area (TPSA) is 26.0 Å². The van der Waals surface area contributed by atoms with Crippen LogP contribution in [0.3, 0.4) is 0 Å². The lowest BCUT2D eigenvalue weighted by Gasteiger charge is -2.43. The Bertz CT molecular complexity index is 157. The lowest BCUT2D eigenvalue weighted by molar-refractivity contribution is -0.00490. The van der Waals surface area contributed by atoms with Crippen LogP contribution in [0.2, 0.25) is 0 Å². The van der Waals surface area contributed by atoms with Crippen molar-refractivity contribution in [2.45, 2.75) is 56.7 Å². The summed E-state index contributed by atoms with van der Waals surface area (Å²) in [6, 6.07) is 0.272. The first-order chi connectivity index (χ1) is 5.71. The van der Waals surface area contributed by atoms with Crippen molar-refractivity contribution >= 4 is 0 Å². The van der Waals surface area contributed by atoms with Gasteiger partial charge < -0.3 is 5.73 Å². The second-order valence-electron chi connectivity index (χ2n) is 4.50. The number of hydrogen-bond donors (Lipinski definition) is 1. The van der Waals surface area contributed by atoms with Crippen molar-refractivity contribution in [3.8, 4) is 0 Å². The van der Waals surface area contributed by atoms with Crippen LogP contribution >= 0.6 is 0 Å². The van der Waals surface area contributed by atoms with E-state index in [1.165, 1.54) is 6.42 Å². The minimum absolute atomic E-state index is 0.272. The third-order valence-electron chi connectivity index (χ3n) is 3.70. The molecule has 0 unspecified atom stereocenters. The summed E-state index contributed by atoms with van der Waals surface area (Å²) in [7, 11) is 0. The highest BCUT2D eigenvalue weighted by atomic mass is 19.1. The number of nitrogens with two attached hydrogens (primary N) is 1. The summed E-state index contributed by atoms with van der Waals surface area (Å²) in [6.07, 6.45) is 6.71. The summed E-state index contributed by atoms with van der Waals surface area (Å²) in [5, 5.41) is 0. The molecule has 0 aromatic rings. The molecule has 0 spiro atoms. The molecule has 1 nitrogen and oxygen atoms in total. The Morgan fingerprint density at radius 1 is 1.08 bits per heavy atom. The number of halogens is 1. The van der Waals surface area contributed by atoms with E-state index in [0.29, 0.717) is 5.92 Å². The molecule has 0 radical (unpaired) electrons. The van der Waals surface area contributed by atoms with Gasteiger partial charge in [0.15, 0.2) is 0 Å². The second-order valence-corrected chi connectivity index (χ2v) is 4.50. The van der Waals surface area contributed by atoms with Gasteiger partial charge in [-0.15, -0.1) is 0 Å². The molecule has 70 valence electrons. The monoisotopic (exact) mass is 171 g/mol. The van der Waals surface area contributed by atoms with E-state index in [-0.39, 0.29) is 6.04 Å². The summed E-state index contributed by atoms with van der Waals surface area (Å²) in [6.45, 7) is 0. The van der Waals surface area contributed by atoms with E-state index in [1.807, 2.05) is 0 Å². The van der Waals surface area contributed by atoms with Crippen LogP contribution < -0.4 is 5.73 Å². The maximum Gasteiger partial charge on any atom is 0.114 e. The van der Waals surface area contributed by atoms with Gasteiger partial charge in [0.25, 0.3) is 0 Å². The van der Waals surface area contributed by atoms with Crippen LogP contribution in [0, 0.1) is 5.92 Å². The normalized spacial score (nSPS) is 44.0. The third kappa shape index (κ3) is 1.37. The Hall–Kier alpha value is -0.110. The van der Waals surface area contributed by atoms with Gasteiger partial charge in [0, 0.05) is 6.04 Å². The number of hydrogen-bond acceptors (Lipinski definition) is 1. The van der Waals surface area contributed by atoms with Crippen LogP contribution in [-0.2, 0) is 0 Å². The highest BCUT2D eigenvalue weighted by Gasteiger charge is 2.43. The van der Waals surface area contributed by atoms with E-state index < -0.39 is 5.67 Å². The first kappa shape index (κ1) is 8.49. The smallest absolute Gasteiger partial charge is 0.114 e. The summed E-state index contributed by atoms with van der Waals surface area (Å²) in [5.41, 5.74) is 4.92. The average molecular weight is 171 g/mol. The second kappa shape index (κ2) is 2.99. The maximum atomic E-state index is 14.1. The van der Waals surface area contributed by atoms with Crippen molar-refractivity contribution in [2.75, 3.05) is 0 Å². The zero-order valence-corrected chi connectivity index (χ0v) is 7.56. The van der Waals surface area contributed by atoms with E-state index in [4.69, 9.17) is 5.73 Å². The first-order valence-corrected chi connectivity index (χ1v) is 5.15. The highest BCUT2D eigenvalue weighted by molar-refractivity contribution is 4.95. The molecule has 0 aliphatic heterocycles. The van der Waals surface area contributed by atoms with Gasteiger partial charge in [-0.2, -0.15) is 0 Å². The minimum Gasteiger partial charge on any atom is -0.328 e. The summed E-state index contributed by atoms with van der Waals surface area (Å²) >= 11 is 0. The van der Waals surface area contributed by atoms with Gasteiger partial charge >= 0.3 is 0 Å². The van der Waals surface area contributed by atoms with E-state index in [9.17, 15) is 4.39 Å². The van der Waals surface area contributed by atoms with Crippen molar-refractivity contribution in [2.24, 2.45) is 11.7 Å². The third-order valence-corrected chi connectivity index (χ3v) is 3.70. The Labute approximate surface area is 73.5 Å². The maximum absolute atomic E-state index is 14.1. The summed E-state index contributed by atoms with van der Waals surface area (Å²) in [4.78, 5) is 0. The van der Waals surface area contributed by atoms with Crippen molar-refractivity contribution in [3.63, 3.8) is 0 Å². The van der Waals surface area contributed by atoms with Crippen LogP contribution in [-0.4, -0.2) is 11.7 Å². The molecule has 2 N–H and O–H groups in total. The zero-order chi connectivity index (χ0) is 8.60. The molecule has 2 heteroatoms. The van der Waals surface area contributed by atoms with Gasteiger partial charge in [-0.1, -0.05) is 6.42 Å². The molecular formula is C10H18FN. The lowest BCUT2D eigenvalue weighted by Crippen LogP contribution is -2.43. The number of alkyl halides is 1. The molecule has 0 aromatic heterocycles. The van der Waals surface area contributed by atoms with E-state index in [1.54, 1.807) is 0 Å².